The Morgan fingerprint density at radius 2 is 2.16 bits per heavy atom. The van der Waals surface area contributed by atoms with Crippen LogP contribution in [0.25, 0.3) is 0 Å². The van der Waals surface area contributed by atoms with Gasteiger partial charge in [0.1, 0.15) is 0 Å². The SMILES string of the molecule is CC1CCC(C(C)C)C(NC(=O)c2nnc(Cl)s2)C1. The van der Waals surface area contributed by atoms with Gasteiger partial charge in [-0.2, -0.15) is 0 Å². The molecule has 1 aliphatic rings. The first-order chi connectivity index (χ1) is 8.97. The number of nitrogens with zero attached hydrogens (tertiary/aromatic N) is 2. The second-order valence-electron chi connectivity index (χ2n) is 5.77. The van der Waals surface area contributed by atoms with E-state index in [1.54, 1.807) is 0 Å². The van der Waals surface area contributed by atoms with Gasteiger partial charge in [-0.1, -0.05) is 38.5 Å². The van der Waals surface area contributed by atoms with Crippen LogP contribution in [0.15, 0.2) is 0 Å². The highest BCUT2D eigenvalue weighted by Crippen LogP contribution is 2.33. The highest BCUT2D eigenvalue weighted by atomic mass is 35.5. The lowest BCUT2D eigenvalue weighted by Gasteiger charge is -2.37. The minimum Gasteiger partial charge on any atom is -0.347 e. The maximum absolute atomic E-state index is 12.1. The summed E-state index contributed by atoms with van der Waals surface area (Å²) in [4.78, 5) is 12.1. The van der Waals surface area contributed by atoms with Gasteiger partial charge < -0.3 is 5.32 Å². The van der Waals surface area contributed by atoms with Crippen LogP contribution in [-0.4, -0.2) is 22.1 Å². The second-order valence-corrected chi connectivity index (χ2v) is 7.33. The van der Waals surface area contributed by atoms with Crippen LogP contribution in [0.2, 0.25) is 4.47 Å². The molecule has 0 saturated heterocycles. The molecule has 0 bridgehead atoms. The van der Waals surface area contributed by atoms with Crippen molar-refractivity contribution in [3.63, 3.8) is 0 Å². The second kappa shape index (κ2) is 6.18. The van der Waals surface area contributed by atoms with Gasteiger partial charge >= 0.3 is 0 Å². The molecule has 1 heterocycles. The van der Waals surface area contributed by atoms with Crippen LogP contribution in [0.3, 0.4) is 0 Å². The van der Waals surface area contributed by atoms with Crippen LogP contribution in [0.5, 0.6) is 0 Å². The van der Waals surface area contributed by atoms with Gasteiger partial charge in [0, 0.05) is 6.04 Å². The van der Waals surface area contributed by atoms with E-state index in [2.05, 4.69) is 36.3 Å². The third-order valence-electron chi connectivity index (χ3n) is 3.93. The topological polar surface area (TPSA) is 54.9 Å². The minimum absolute atomic E-state index is 0.144. The summed E-state index contributed by atoms with van der Waals surface area (Å²) in [7, 11) is 0. The Bertz CT molecular complexity index is 449. The summed E-state index contributed by atoms with van der Waals surface area (Å²) >= 11 is 6.84. The van der Waals surface area contributed by atoms with Crippen molar-refractivity contribution in [2.45, 2.75) is 46.1 Å². The number of nitrogens with one attached hydrogen (secondary N) is 1. The van der Waals surface area contributed by atoms with Crippen molar-refractivity contribution in [3.05, 3.63) is 9.47 Å². The highest BCUT2D eigenvalue weighted by Gasteiger charge is 2.32. The van der Waals surface area contributed by atoms with E-state index in [4.69, 9.17) is 11.6 Å². The molecule has 19 heavy (non-hydrogen) atoms. The zero-order valence-electron chi connectivity index (χ0n) is 11.5. The number of hydrogen-bond acceptors (Lipinski definition) is 4. The van der Waals surface area contributed by atoms with Gasteiger partial charge in [0.2, 0.25) is 9.47 Å². The van der Waals surface area contributed by atoms with Gasteiger partial charge in [-0.05, 0) is 42.2 Å². The molecule has 6 heteroatoms. The van der Waals surface area contributed by atoms with Crippen molar-refractivity contribution in [1.29, 1.82) is 0 Å². The molecule has 1 saturated carbocycles. The van der Waals surface area contributed by atoms with E-state index in [1.165, 1.54) is 12.8 Å². The summed E-state index contributed by atoms with van der Waals surface area (Å²) in [5, 5.41) is 10.9. The molecule has 1 aromatic heterocycles. The summed E-state index contributed by atoms with van der Waals surface area (Å²) in [6.07, 6.45) is 3.47. The van der Waals surface area contributed by atoms with Gasteiger partial charge in [-0.25, -0.2) is 0 Å². The van der Waals surface area contributed by atoms with Crippen LogP contribution in [0.4, 0.5) is 0 Å². The van der Waals surface area contributed by atoms with E-state index in [0.717, 1.165) is 17.8 Å². The van der Waals surface area contributed by atoms with Crippen LogP contribution in [0.1, 0.15) is 49.8 Å². The fourth-order valence-corrected chi connectivity index (χ4v) is 3.63. The molecule has 106 valence electrons. The van der Waals surface area contributed by atoms with Crippen LogP contribution in [-0.2, 0) is 0 Å². The van der Waals surface area contributed by atoms with Crippen LogP contribution >= 0.6 is 22.9 Å². The summed E-state index contributed by atoms with van der Waals surface area (Å²) in [6, 6.07) is 0.235. The van der Waals surface area contributed by atoms with Gasteiger partial charge in [0.25, 0.3) is 5.91 Å². The Morgan fingerprint density at radius 3 is 2.74 bits per heavy atom. The van der Waals surface area contributed by atoms with Gasteiger partial charge in [0.05, 0.1) is 0 Å². The van der Waals surface area contributed by atoms with Crippen molar-refractivity contribution in [2.75, 3.05) is 0 Å². The van der Waals surface area contributed by atoms with Crippen LogP contribution in [0, 0.1) is 17.8 Å². The first-order valence-electron chi connectivity index (χ1n) is 6.77. The van der Waals surface area contributed by atoms with E-state index in [1.807, 2.05) is 0 Å². The average molecular weight is 302 g/mol. The van der Waals surface area contributed by atoms with Crippen molar-refractivity contribution >= 4 is 28.8 Å². The molecule has 1 aromatic rings. The molecule has 4 nitrogen and oxygen atoms in total. The lowest BCUT2D eigenvalue weighted by Crippen LogP contribution is -2.45. The smallest absolute Gasteiger partial charge is 0.282 e. The summed E-state index contributed by atoms with van der Waals surface area (Å²) in [5.41, 5.74) is 0. The summed E-state index contributed by atoms with van der Waals surface area (Å²) in [6.45, 7) is 6.70. The number of carbonyl (C=O) groups excluding carboxylic acids is 1. The van der Waals surface area contributed by atoms with E-state index >= 15 is 0 Å². The van der Waals surface area contributed by atoms with E-state index < -0.39 is 0 Å². The zero-order chi connectivity index (χ0) is 14.0. The molecule has 0 spiro atoms. The average Bonchev–Trinajstić information content (AvgIpc) is 2.75. The summed E-state index contributed by atoms with van der Waals surface area (Å²) < 4.78 is 0.308. The lowest BCUT2D eigenvalue weighted by molar-refractivity contribution is 0.0867. The number of aromatic nitrogens is 2. The molecule has 1 aliphatic carbocycles. The maximum Gasteiger partial charge on any atom is 0.282 e. The first-order valence-corrected chi connectivity index (χ1v) is 7.96. The minimum atomic E-state index is -0.144. The number of halogens is 1. The van der Waals surface area contributed by atoms with E-state index in [-0.39, 0.29) is 11.9 Å². The molecule has 3 unspecified atom stereocenters. The molecule has 1 N–H and O–H groups in total. The third-order valence-corrected chi connectivity index (χ3v) is 4.95. The fourth-order valence-electron chi connectivity index (χ4n) is 2.90. The molecule has 0 radical (unpaired) electrons. The molecular weight excluding hydrogens is 282 g/mol. The molecule has 2 rings (SSSR count). The predicted molar refractivity (Wildman–Crippen MR) is 77.5 cm³/mol. The normalized spacial score (nSPS) is 27.5. The molecule has 1 amide bonds. The fraction of sp³-hybridized carbons (Fsp3) is 0.769. The number of rotatable bonds is 3. The molecular formula is C13H20ClN3OS. The standard InChI is InChI=1S/C13H20ClN3OS/c1-7(2)9-5-4-8(3)6-10(9)15-11(18)12-16-17-13(14)19-12/h7-10H,4-6H2,1-3H3,(H,15,18). The monoisotopic (exact) mass is 301 g/mol. The highest BCUT2D eigenvalue weighted by molar-refractivity contribution is 7.17. The molecule has 0 aliphatic heterocycles. The van der Waals surface area contributed by atoms with Crippen molar-refractivity contribution in [2.24, 2.45) is 17.8 Å². The molecule has 0 aromatic carbocycles. The van der Waals surface area contributed by atoms with Crippen molar-refractivity contribution in [1.82, 2.24) is 15.5 Å². The van der Waals surface area contributed by atoms with Crippen molar-refractivity contribution < 1.29 is 4.79 Å². The van der Waals surface area contributed by atoms with E-state index in [0.29, 0.717) is 27.2 Å². The van der Waals surface area contributed by atoms with Crippen molar-refractivity contribution in [3.8, 4) is 0 Å². The Balaban J connectivity index is 2.04. The molecule has 1 fully saturated rings. The largest absolute Gasteiger partial charge is 0.347 e. The Morgan fingerprint density at radius 1 is 1.42 bits per heavy atom. The number of hydrogen-bond donors (Lipinski definition) is 1. The Hall–Kier alpha value is -0.680. The number of amides is 1. The van der Waals surface area contributed by atoms with E-state index in [9.17, 15) is 4.79 Å². The zero-order valence-corrected chi connectivity index (χ0v) is 13.1. The lowest BCUT2D eigenvalue weighted by atomic mass is 9.74. The van der Waals surface area contributed by atoms with Gasteiger partial charge in [-0.15, -0.1) is 10.2 Å². The third kappa shape index (κ3) is 3.66. The first kappa shape index (κ1) is 14.7. The van der Waals surface area contributed by atoms with Crippen LogP contribution < -0.4 is 5.32 Å². The van der Waals surface area contributed by atoms with Gasteiger partial charge in [0.15, 0.2) is 0 Å². The number of carbonyl (C=O) groups is 1. The predicted octanol–water partition coefficient (Wildman–Crippen LogP) is 3.38. The maximum atomic E-state index is 12.1. The Labute approximate surface area is 123 Å². The van der Waals surface area contributed by atoms with Gasteiger partial charge in [-0.3, -0.25) is 4.79 Å². The quantitative estimate of drug-likeness (QED) is 0.931. The Kier molecular flexibility index (Phi) is 4.79. The molecule has 3 atom stereocenters. The summed E-state index contributed by atoms with van der Waals surface area (Å²) in [5.74, 6) is 1.65.